The summed E-state index contributed by atoms with van der Waals surface area (Å²) in [5, 5.41) is 6.39. The molecule has 0 fully saturated rings. The Hall–Kier alpha value is -2.37. The Morgan fingerprint density at radius 3 is 2.46 bits per heavy atom. The van der Waals surface area contributed by atoms with Crippen molar-refractivity contribution in [1.82, 2.24) is 4.98 Å². The van der Waals surface area contributed by atoms with E-state index < -0.39 is 6.09 Å². The smallest absolute Gasteiger partial charge is 0.411 e. The molecule has 3 aromatic rings. The van der Waals surface area contributed by atoms with Crippen molar-refractivity contribution in [2.45, 2.75) is 13.0 Å². The number of nitrogens with zero attached hydrogens (tertiary/aromatic N) is 1. The number of carbonyl (C=O) groups is 1. The van der Waals surface area contributed by atoms with Crippen LogP contribution < -0.4 is 5.32 Å². The van der Waals surface area contributed by atoms with Crippen LogP contribution >= 0.6 is 22.9 Å². The molecule has 122 valence electrons. The molecular weight excluding hydrogens is 344 g/mol. The molecule has 1 heterocycles. The summed E-state index contributed by atoms with van der Waals surface area (Å²) in [6.45, 7) is 0.200. The second kappa shape index (κ2) is 7.95. The van der Waals surface area contributed by atoms with Crippen LogP contribution in [0.3, 0.4) is 0 Å². The highest BCUT2D eigenvalue weighted by Gasteiger charge is 2.05. The van der Waals surface area contributed by atoms with Gasteiger partial charge in [-0.1, -0.05) is 35.9 Å². The van der Waals surface area contributed by atoms with Crippen molar-refractivity contribution >= 4 is 34.7 Å². The minimum absolute atomic E-state index is 0.200. The van der Waals surface area contributed by atoms with E-state index in [-0.39, 0.29) is 6.61 Å². The van der Waals surface area contributed by atoms with E-state index in [9.17, 15) is 4.79 Å². The van der Waals surface area contributed by atoms with Crippen LogP contribution in [0.4, 0.5) is 10.5 Å². The van der Waals surface area contributed by atoms with Crippen molar-refractivity contribution in [3.05, 3.63) is 81.3 Å². The number of aromatic nitrogens is 1. The van der Waals surface area contributed by atoms with E-state index in [0.717, 1.165) is 22.6 Å². The lowest BCUT2D eigenvalue weighted by Gasteiger charge is -2.08. The Morgan fingerprint density at radius 1 is 1.08 bits per heavy atom. The molecule has 4 nitrogen and oxygen atoms in total. The summed E-state index contributed by atoms with van der Waals surface area (Å²) in [5.74, 6) is 0. The first-order chi connectivity index (χ1) is 11.7. The molecule has 0 spiro atoms. The van der Waals surface area contributed by atoms with Gasteiger partial charge in [0.15, 0.2) is 0 Å². The maximum absolute atomic E-state index is 11.8. The van der Waals surface area contributed by atoms with Gasteiger partial charge in [-0.3, -0.25) is 5.32 Å². The number of rotatable bonds is 5. The fourth-order valence-corrected chi connectivity index (χ4v) is 2.88. The van der Waals surface area contributed by atoms with Crippen molar-refractivity contribution in [3.63, 3.8) is 0 Å². The lowest BCUT2D eigenvalue weighted by Crippen LogP contribution is -2.13. The summed E-state index contributed by atoms with van der Waals surface area (Å²) in [6, 6.07) is 14.8. The lowest BCUT2D eigenvalue weighted by molar-refractivity contribution is 0.155. The second-order valence-electron chi connectivity index (χ2n) is 5.13. The van der Waals surface area contributed by atoms with Gasteiger partial charge < -0.3 is 4.74 Å². The Labute approximate surface area is 149 Å². The monoisotopic (exact) mass is 358 g/mol. The fraction of sp³-hybridized carbons (Fsp3) is 0.111. The highest BCUT2D eigenvalue weighted by atomic mass is 35.5. The van der Waals surface area contributed by atoms with Crippen molar-refractivity contribution in [2.75, 3.05) is 5.32 Å². The van der Waals surface area contributed by atoms with Gasteiger partial charge in [-0.25, -0.2) is 9.78 Å². The number of anilines is 1. The molecule has 1 amide bonds. The fourth-order valence-electron chi connectivity index (χ4n) is 2.10. The Bertz CT molecular complexity index is 787. The second-order valence-corrected chi connectivity index (χ2v) is 6.54. The zero-order valence-electron chi connectivity index (χ0n) is 12.7. The van der Waals surface area contributed by atoms with Crippen LogP contribution in [-0.4, -0.2) is 11.1 Å². The van der Waals surface area contributed by atoms with Crippen LogP contribution in [-0.2, 0) is 17.8 Å². The summed E-state index contributed by atoms with van der Waals surface area (Å²) in [5.41, 5.74) is 2.72. The number of hydrogen-bond donors (Lipinski definition) is 1. The number of ether oxygens (including phenoxy) is 1. The molecule has 0 atom stereocenters. The molecule has 0 aliphatic heterocycles. The van der Waals surface area contributed by atoms with Crippen LogP contribution in [0.1, 0.15) is 16.1 Å². The number of benzene rings is 2. The maximum atomic E-state index is 11.8. The molecule has 1 N–H and O–H groups in total. The first-order valence-corrected chi connectivity index (χ1v) is 8.60. The molecule has 6 heteroatoms. The van der Waals surface area contributed by atoms with E-state index in [1.54, 1.807) is 29.7 Å². The van der Waals surface area contributed by atoms with Gasteiger partial charge in [0.05, 0.1) is 5.01 Å². The molecule has 0 radical (unpaired) electrons. The normalized spacial score (nSPS) is 10.4. The number of carbonyl (C=O) groups excluding carboxylic acids is 1. The standard InChI is InChI=1S/C18H15ClN2O2S/c19-15-5-1-14(2-6-15)12-23-18(22)21-16-7-3-13(4-8-16)11-17-20-9-10-24-17/h1-10H,11-12H2,(H,21,22). The molecule has 0 unspecified atom stereocenters. The van der Waals surface area contributed by atoms with Gasteiger partial charge in [0, 0.05) is 28.7 Å². The molecule has 0 aliphatic rings. The van der Waals surface area contributed by atoms with Crippen LogP contribution in [0.5, 0.6) is 0 Å². The number of halogens is 1. The highest BCUT2D eigenvalue weighted by Crippen LogP contribution is 2.15. The van der Waals surface area contributed by atoms with Crippen molar-refractivity contribution in [2.24, 2.45) is 0 Å². The molecule has 2 aromatic carbocycles. The number of thiazole rings is 1. The van der Waals surface area contributed by atoms with Gasteiger partial charge in [0.2, 0.25) is 0 Å². The first-order valence-electron chi connectivity index (χ1n) is 7.34. The molecule has 0 bridgehead atoms. The van der Waals surface area contributed by atoms with Crippen molar-refractivity contribution in [1.29, 1.82) is 0 Å². The third kappa shape index (κ3) is 4.81. The van der Waals surface area contributed by atoms with Gasteiger partial charge in [0.25, 0.3) is 0 Å². The van der Waals surface area contributed by atoms with Crippen molar-refractivity contribution in [3.8, 4) is 0 Å². The average molecular weight is 359 g/mol. The van der Waals surface area contributed by atoms with Gasteiger partial charge in [-0.05, 0) is 35.4 Å². The largest absolute Gasteiger partial charge is 0.444 e. The minimum Gasteiger partial charge on any atom is -0.444 e. The van der Waals surface area contributed by atoms with Gasteiger partial charge in [-0.2, -0.15) is 0 Å². The highest BCUT2D eigenvalue weighted by molar-refractivity contribution is 7.09. The Kier molecular flexibility index (Phi) is 5.46. The van der Waals surface area contributed by atoms with Gasteiger partial charge >= 0.3 is 6.09 Å². The summed E-state index contributed by atoms with van der Waals surface area (Å²) in [4.78, 5) is 16.1. The predicted molar refractivity (Wildman–Crippen MR) is 96.6 cm³/mol. The van der Waals surface area contributed by atoms with E-state index in [0.29, 0.717) is 10.7 Å². The van der Waals surface area contributed by atoms with Crippen LogP contribution in [0.25, 0.3) is 0 Å². The first kappa shape index (κ1) is 16.5. The third-order valence-corrected chi connectivity index (χ3v) is 4.35. The molecule has 0 aliphatic carbocycles. The molecule has 3 rings (SSSR count). The number of nitrogens with one attached hydrogen (secondary N) is 1. The third-order valence-electron chi connectivity index (χ3n) is 3.32. The lowest BCUT2D eigenvalue weighted by atomic mass is 10.1. The SMILES string of the molecule is O=C(Nc1ccc(Cc2nccs2)cc1)OCc1ccc(Cl)cc1. The van der Waals surface area contributed by atoms with Crippen LogP contribution in [0, 0.1) is 0 Å². The Morgan fingerprint density at radius 2 is 1.79 bits per heavy atom. The zero-order valence-corrected chi connectivity index (χ0v) is 14.3. The quantitative estimate of drug-likeness (QED) is 0.687. The molecule has 1 aromatic heterocycles. The Balaban J connectivity index is 1.49. The number of amides is 1. The van der Waals surface area contributed by atoms with E-state index in [1.165, 1.54) is 0 Å². The molecular formula is C18H15ClN2O2S. The van der Waals surface area contributed by atoms with Gasteiger partial charge in [0.1, 0.15) is 6.61 Å². The van der Waals surface area contributed by atoms with E-state index in [2.05, 4.69) is 10.3 Å². The maximum Gasteiger partial charge on any atom is 0.411 e. The molecule has 0 saturated carbocycles. The summed E-state index contributed by atoms with van der Waals surface area (Å²) < 4.78 is 5.19. The van der Waals surface area contributed by atoms with Crippen molar-refractivity contribution < 1.29 is 9.53 Å². The molecule has 0 saturated heterocycles. The number of hydrogen-bond acceptors (Lipinski definition) is 4. The van der Waals surface area contributed by atoms with Crippen LogP contribution in [0.15, 0.2) is 60.1 Å². The summed E-state index contributed by atoms with van der Waals surface area (Å²) in [6.07, 6.45) is 2.10. The van der Waals surface area contributed by atoms with E-state index in [1.807, 2.05) is 41.8 Å². The van der Waals surface area contributed by atoms with Gasteiger partial charge in [-0.15, -0.1) is 11.3 Å². The average Bonchev–Trinajstić information content (AvgIpc) is 3.09. The zero-order chi connectivity index (χ0) is 16.8. The summed E-state index contributed by atoms with van der Waals surface area (Å²) in [7, 11) is 0. The van der Waals surface area contributed by atoms with E-state index >= 15 is 0 Å². The predicted octanol–water partition coefficient (Wildman–Crippen LogP) is 5.14. The summed E-state index contributed by atoms with van der Waals surface area (Å²) >= 11 is 7.44. The van der Waals surface area contributed by atoms with Crippen LogP contribution in [0.2, 0.25) is 5.02 Å². The topological polar surface area (TPSA) is 51.2 Å². The molecule has 24 heavy (non-hydrogen) atoms. The van der Waals surface area contributed by atoms with E-state index in [4.69, 9.17) is 16.3 Å². The minimum atomic E-state index is -0.488.